The van der Waals surface area contributed by atoms with Crippen molar-refractivity contribution in [3.05, 3.63) is 83.7 Å². The molecule has 3 aromatic rings. The smallest absolute Gasteiger partial charge is 0.248 e. The highest BCUT2D eigenvalue weighted by Crippen LogP contribution is 2.41. The minimum Gasteiger partial charge on any atom is -0.387 e. The monoisotopic (exact) mass is 611 g/mol. The van der Waals surface area contributed by atoms with E-state index in [1.54, 1.807) is 19.2 Å². The van der Waals surface area contributed by atoms with Gasteiger partial charge in [-0.3, -0.25) is 14.4 Å². The molecular formula is C33H43F2N5O4. The first-order valence-electron chi connectivity index (χ1n) is 14.7. The number of benzene rings is 2. The Balaban J connectivity index is 1.97. The molecule has 3 amide bonds. The van der Waals surface area contributed by atoms with Gasteiger partial charge in [-0.15, -0.1) is 0 Å². The van der Waals surface area contributed by atoms with Crippen molar-refractivity contribution in [2.24, 2.45) is 11.1 Å². The molecular weight excluding hydrogens is 568 g/mol. The van der Waals surface area contributed by atoms with E-state index in [9.17, 15) is 28.3 Å². The molecule has 0 aliphatic heterocycles. The largest absolute Gasteiger partial charge is 0.387 e. The van der Waals surface area contributed by atoms with E-state index < -0.39 is 47.6 Å². The van der Waals surface area contributed by atoms with Crippen LogP contribution >= 0.6 is 0 Å². The highest BCUT2D eigenvalue weighted by Gasteiger charge is 2.37. The number of amides is 3. The molecule has 2 unspecified atom stereocenters. The first-order chi connectivity index (χ1) is 20.8. The lowest BCUT2D eigenvalue weighted by atomic mass is 9.82. The quantitative estimate of drug-likeness (QED) is 0.207. The predicted octanol–water partition coefficient (Wildman–Crippen LogP) is 3.75. The molecule has 0 bridgehead atoms. The summed E-state index contributed by atoms with van der Waals surface area (Å²) in [5.41, 5.74) is 7.70. The SMILES string of the molecule is CCC(=O)NCCNC(=O)C(N)CCN(C(=O)CO)C(c1cc(-c2cc(F)ccc2F)cn1Cc1ccccc1)C(C)(C)C. The van der Waals surface area contributed by atoms with Crippen LogP contribution in [0.3, 0.4) is 0 Å². The Kier molecular flexibility index (Phi) is 12.2. The van der Waals surface area contributed by atoms with Crippen LogP contribution in [0.5, 0.6) is 0 Å². The van der Waals surface area contributed by atoms with Crippen LogP contribution in [-0.2, 0) is 20.9 Å². The normalized spacial score (nSPS) is 12.8. The number of carbonyl (C=O) groups is 3. The third-order valence-corrected chi connectivity index (χ3v) is 7.32. The summed E-state index contributed by atoms with van der Waals surface area (Å²) in [4.78, 5) is 38.8. The fourth-order valence-electron chi connectivity index (χ4n) is 5.15. The molecule has 44 heavy (non-hydrogen) atoms. The van der Waals surface area contributed by atoms with Gasteiger partial charge >= 0.3 is 0 Å². The maximum absolute atomic E-state index is 14.9. The summed E-state index contributed by atoms with van der Waals surface area (Å²) >= 11 is 0. The maximum Gasteiger partial charge on any atom is 0.248 e. The molecule has 0 radical (unpaired) electrons. The van der Waals surface area contributed by atoms with Crippen LogP contribution in [0.15, 0.2) is 60.8 Å². The van der Waals surface area contributed by atoms with Gasteiger partial charge in [0.05, 0.1) is 12.1 Å². The van der Waals surface area contributed by atoms with Crippen molar-refractivity contribution in [2.75, 3.05) is 26.2 Å². The first kappa shape index (κ1) is 34.4. The molecule has 0 spiro atoms. The van der Waals surface area contributed by atoms with Gasteiger partial charge in [0.1, 0.15) is 18.2 Å². The molecule has 5 N–H and O–H groups in total. The second-order valence-electron chi connectivity index (χ2n) is 11.8. The number of aromatic nitrogens is 1. The van der Waals surface area contributed by atoms with Crippen molar-refractivity contribution in [2.45, 2.75) is 59.2 Å². The molecule has 0 fully saturated rings. The Labute approximate surface area is 257 Å². The number of carbonyl (C=O) groups excluding carboxylic acids is 3. The third-order valence-electron chi connectivity index (χ3n) is 7.32. The number of aliphatic hydroxyl groups is 1. The zero-order valence-electron chi connectivity index (χ0n) is 25.8. The third kappa shape index (κ3) is 9.20. The van der Waals surface area contributed by atoms with E-state index in [4.69, 9.17) is 5.73 Å². The number of hydrogen-bond acceptors (Lipinski definition) is 5. The highest BCUT2D eigenvalue weighted by molar-refractivity contribution is 5.82. The Bertz CT molecular complexity index is 1420. The van der Waals surface area contributed by atoms with Gasteiger partial charge in [-0.05, 0) is 41.7 Å². The lowest BCUT2D eigenvalue weighted by Crippen LogP contribution is -2.48. The summed E-state index contributed by atoms with van der Waals surface area (Å²) in [5.74, 6) is -2.29. The van der Waals surface area contributed by atoms with Crippen LogP contribution in [0, 0.1) is 17.0 Å². The van der Waals surface area contributed by atoms with Gasteiger partial charge in [0.2, 0.25) is 17.7 Å². The summed E-state index contributed by atoms with van der Waals surface area (Å²) in [5, 5.41) is 15.3. The highest BCUT2D eigenvalue weighted by atomic mass is 19.1. The summed E-state index contributed by atoms with van der Waals surface area (Å²) < 4.78 is 31.0. The molecule has 0 aliphatic carbocycles. The fourth-order valence-corrected chi connectivity index (χ4v) is 5.15. The standard InChI is InChI=1S/C33H43F2N5O4/c1-5-29(42)37-14-15-38-32(44)27(36)13-16-40(30(43)21-41)31(33(2,3)4)28-17-23(25-18-24(34)11-12-26(25)35)20-39(28)19-22-9-7-6-8-10-22/h6-12,17-18,20,27,31,41H,5,13-16,19,21,36H2,1-4H3,(H,37,42)(H,38,44). The number of nitrogens with two attached hydrogens (primary N) is 1. The Hall–Kier alpha value is -4.09. The molecule has 0 saturated carbocycles. The van der Waals surface area contributed by atoms with Gasteiger partial charge in [0.15, 0.2) is 0 Å². The van der Waals surface area contributed by atoms with Crippen LogP contribution in [0.2, 0.25) is 0 Å². The van der Waals surface area contributed by atoms with E-state index in [1.807, 2.05) is 55.7 Å². The average Bonchev–Trinajstić information content (AvgIpc) is 3.39. The summed E-state index contributed by atoms with van der Waals surface area (Å²) in [7, 11) is 0. The number of aliphatic hydroxyl groups excluding tert-OH is 1. The van der Waals surface area contributed by atoms with Crippen molar-refractivity contribution < 1.29 is 28.3 Å². The molecule has 11 heteroatoms. The Morgan fingerprint density at radius 2 is 1.70 bits per heavy atom. The molecule has 0 aliphatic rings. The minimum atomic E-state index is -0.959. The van der Waals surface area contributed by atoms with E-state index in [-0.39, 0.29) is 37.5 Å². The van der Waals surface area contributed by atoms with Crippen molar-refractivity contribution in [1.29, 1.82) is 0 Å². The van der Waals surface area contributed by atoms with Crippen molar-refractivity contribution in [3.63, 3.8) is 0 Å². The van der Waals surface area contributed by atoms with E-state index >= 15 is 0 Å². The van der Waals surface area contributed by atoms with Crippen molar-refractivity contribution in [3.8, 4) is 11.1 Å². The van der Waals surface area contributed by atoms with Gasteiger partial charge in [-0.2, -0.15) is 0 Å². The molecule has 2 atom stereocenters. The number of rotatable bonds is 14. The van der Waals surface area contributed by atoms with Gasteiger partial charge in [-0.25, -0.2) is 8.78 Å². The molecule has 2 aromatic carbocycles. The fraction of sp³-hybridized carbons (Fsp3) is 0.424. The van der Waals surface area contributed by atoms with Gasteiger partial charge in [0.25, 0.3) is 0 Å². The summed E-state index contributed by atoms with van der Waals surface area (Å²) in [6, 6.07) is 13.0. The lowest BCUT2D eigenvalue weighted by Gasteiger charge is -2.41. The Morgan fingerprint density at radius 3 is 2.34 bits per heavy atom. The van der Waals surface area contributed by atoms with Crippen LogP contribution in [0.4, 0.5) is 8.78 Å². The topological polar surface area (TPSA) is 130 Å². The molecule has 0 saturated heterocycles. The van der Waals surface area contributed by atoms with Gasteiger partial charge in [0, 0.05) is 55.6 Å². The van der Waals surface area contributed by atoms with Crippen molar-refractivity contribution >= 4 is 17.7 Å². The van der Waals surface area contributed by atoms with Crippen LogP contribution in [0.25, 0.3) is 11.1 Å². The number of nitrogens with one attached hydrogen (secondary N) is 2. The molecule has 3 rings (SSSR count). The average molecular weight is 612 g/mol. The van der Waals surface area contributed by atoms with Crippen LogP contribution in [0.1, 0.15) is 57.8 Å². The number of hydrogen-bond donors (Lipinski definition) is 4. The van der Waals surface area contributed by atoms with Crippen LogP contribution in [-0.4, -0.2) is 64.6 Å². The zero-order valence-corrected chi connectivity index (χ0v) is 25.8. The van der Waals surface area contributed by atoms with E-state index in [2.05, 4.69) is 10.6 Å². The second-order valence-corrected chi connectivity index (χ2v) is 11.8. The zero-order chi connectivity index (χ0) is 32.4. The van der Waals surface area contributed by atoms with E-state index in [0.29, 0.717) is 24.2 Å². The second kappa shape index (κ2) is 15.6. The van der Waals surface area contributed by atoms with Crippen LogP contribution < -0.4 is 16.4 Å². The number of halogens is 2. The minimum absolute atomic E-state index is 0.0443. The van der Waals surface area contributed by atoms with Gasteiger partial charge < -0.3 is 30.9 Å². The van der Waals surface area contributed by atoms with Gasteiger partial charge in [-0.1, -0.05) is 58.0 Å². The number of nitrogens with zero attached hydrogens (tertiary/aromatic N) is 2. The summed E-state index contributed by atoms with van der Waals surface area (Å²) in [6.07, 6.45) is 2.16. The summed E-state index contributed by atoms with van der Waals surface area (Å²) in [6.45, 7) is 7.68. The maximum atomic E-state index is 14.9. The first-order valence-corrected chi connectivity index (χ1v) is 14.7. The van der Waals surface area contributed by atoms with E-state index in [0.717, 1.165) is 23.8 Å². The lowest BCUT2D eigenvalue weighted by molar-refractivity contribution is -0.140. The molecule has 238 valence electrons. The predicted molar refractivity (Wildman–Crippen MR) is 165 cm³/mol. The molecule has 9 nitrogen and oxygen atoms in total. The molecule has 1 aromatic heterocycles. The van der Waals surface area contributed by atoms with E-state index in [1.165, 1.54) is 4.90 Å². The van der Waals surface area contributed by atoms with Crippen molar-refractivity contribution in [1.82, 2.24) is 20.1 Å². The molecule has 1 heterocycles. The Morgan fingerprint density at radius 1 is 1.02 bits per heavy atom.